The second-order valence-electron chi connectivity index (χ2n) is 3.53. The largest absolute Gasteiger partial charge is 0.490 e. The number of hydrogen-bond donors (Lipinski definition) is 1. The predicted octanol–water partition coefficient (Wildman–Crippen LogP) is 1.88. The summed E-state index contributed by atoms with van der Waals surface area (Å²) in [5.74, 6) is 0.236. The highest BCUT2D eigenvalue weighted by Crippen LogP contribution is 2.18. The Hall–Kier alpha value is -1.13. The molecule has 0 saturated carbocycles. The van der Waals surface area contributed by atoms with Gasteiger partial charge in [0.25, 0.3) is 0 Å². The molecule has 0 aliphatic rings. The van der Waals surface area contributed by atoms with Crippen molar-refractivity contribution >= 4 is 0 Å². The fraction of sp³-hybridized carbons (Fsp3) is 0.500. The number of rotatable bonds is 6. The Kier molecular flexibility index (Phi) is 5.22. The predicted molar refractivity (Wildman–Crippen MR) is 61.1 cm³/mol. The van der Waals surface area contributed by atoms with E-state index in [-0.39, 0.29) is 11.9 Å². The number of aryl methyl sites for hydroxylation is 1. The highest BCUT2D eigenvalue weighted by Gasteiger charge is 2.08. The van der Waals surface area contributed by atoms with Gasteiger partial charge in [0, 0.05) is 19.2 Å². The van der Waals surface area contributed by atoms with E-state index in [1.54, 1.807) is 6.07 Å². The third-order valence-electron chi connectivity index (χ3n) is 2.24. The Morgan fingerprint density at radius 3 is 2.81 bits per heavy atom. The molecule has 0 saturated heterocycles. The van der Waals surface area contributed by atoms with Crippen LogP contribution in [0.1, 0.15) is 12.5 Å². The monoisotopic (exact) mass is 227 g/mol. The van der Waals surface area contributed by atoms with Crippen LogP contribution in [0.2, 0.25) is 0 Å². The van der Waals surface area contributed by atoms with E-state index in [9.17, 15) is 4.39 Å². The van der Waals surface area contributed by atoms with Gasteiger partial charge in [-0.25, -0.2) is 4.39 Å². The summed E-state index contributed by atoms with van der Waals surface area (Å²) >= 11 is 0. The van der Waals surface area contributed by atoms with Crippen molar-refractivity contribution in [3.05, 3.63) is 29.6 Å². The lowest BCUT2D eigenvalue weighted by atomic mass is 10.2. The molecule has 0 heterocycles. The zero-order chi connectivity index (χ0) is 12.0. The normalized spacial score (nSPS) is 12.5. The lowest BCUT2D eigenvalue weighted by Gasteiger charge is -2.16. The van der Waals surface area contributed by atoms with Crippen LogP contribution in [0.5, 0.6) is 5.75 Å². The number of hydrogen-bond acceptors (Lipinski definition) is 3. The van der Waals surface area contributed by atoms with E-state index in [2.05, 4.69) is 0 Å². The van der Waals surface area contributed by atoms with E-state index < -0.39 is 0 Å². The van der Waals surface area contributed by atoms with Crippen molar-refractivity contribution in [1.82, 2.24) is 0 Å². The Morgan fingerprint density at radius 2 is 2.19 bits per heavy atom. The van der Waals surface area contributed by atoms with Gasteiger partial charge in [-0.15, -0.1) is 0 Å². The summed E-state index contributed by atoms with van der Waals surface area (Å²) < 4.78 is 23.8. The number of halogens is 1. The van der Waals surface area contributed by atoms with Crippen LogP contribution in [0.4, 0.5) is 4.39 Å². The quantitative estimate of drug-likeness (QED) is 0.807. The lowest BCUT2D eigenvalue weighted by Crippen LogP contribution is -2.30. The number of nitrogens with two attached hydrogens (primary N) is 1. The zero-order valence-corrected chi connectivity index (χ0v) is 9.70. The van der Waals surface area contributed by atoms with Crippen molar-refractivity contribution in [2.75, 3.05) is 19.8 Å². The fourth-order valence-corrected chi connectivity index (χ4v) is 1.33. The second-order valence-corrected chi connectivity index (χ2v) is 3.53. The van der Waals surface area contributed by atoms with Crippen LogP contribution in [0.3, 0.4) is 0 Å². The average Bonchev–Trinajstić information content (AvgIpc) is 2.28. The summed E-state index contributed by atoms with van der Waals surface area (Å²) in [5.41, 5.74) is 6.41. The van der Waals surface area contributed by atoms with Crippen molar-refractivity contribution in [2.24, 2.45) is 5.73 Å². The first-order valence-corrected chi connectivity index (χ1v) is 5.38. The standard InChI is InChI=1S/C12H18FNO2/c1-3-15-11(7-14)8-16-12-6-10(13)5-4-9(12)2/h4-6,11H,3,7-8,14H2,1-2H3. The summed E-state index contributed by atoms with van der Waals surface area (Å²) in [4.78, 5) is 0. The minimum absolute atomic E-state index is 0.146. The van der Waals surface area contributed by atoms with Gasteiger partial charge in [-0.2, -0.15) is 0 Å². The minimum atomic E-state index is -0.304. The smallest absolute Gasteiger partial charge is 0.126 e. The molecule has 4 heteroatoms. The topological polar surface area (TPSA) is 44.5 Å². The molecule has 90 valence electrons. The van der Waals surface area contributed by atoms with Gasteiger partial charge in [-0.3, -0.25) is 0 Å². The van der Waals surface area contributed by atoms with Crippen LogP contribution in [-0.4, -0.2) is 25.9 Å². The minimum Gasteiger partial charge on any atom is -0.490 e. The Balaban J connectivity index is 2.55. The summed E-state index contributed by atoms with van der Waals surface area (Å²) in [5, 5.41) is 0. The first-order chi connectivity index (χ1) is 7.67. The summed E-state index contributed by atoms with van der Waals surface area (Å²) in [6.07, 6.45) is -0.146. The van der Waals surface area contributed by atoms with Crippen LogP contribution in [0.15, 0.2) is 18.2 Å². The number of ether oxygens (including phenoxy) is 2. The third kappa shape index (κ3) is 3.79. The van der Waals surface area contributed by atoms with Crippen LogP contribution in [0, 0.1) is 12.7 Å². The van der Waals surface area contributed by atoms with E-state index in [4.69, 9.17) is 15.2 Å². The molecule has 0 aromatic heterocycles. The van der Waals surface area contributed by atoms with Gasteiger partial charge in [-0.1, -0.05) is 6.07 Å². The lowest BCUT2D eigenvalue weighted by molar-refractivity contribution is 0.0334. The Bertz CT molecular complexity index is 331. The van der Waals surface area contributed by atoms with Crippen LogP contribution in [0.25, 0.3) is 0 Å². The molecule has 0 bridgehead atoms. The third-order valence-corrected chi connectivity index (χ3v) is 2.24. The molecule has 2 N–H and O–H groups in total. The van der Waals surface area contributed by atoms with Crippen molar-refractivity contribution in [3.63, 3.8) is 0 Å². The molecule has 1 aromatic rings. The molecule has 0 aliphatic heterocycles. The SMILES string of the molecule is CCOC(CN)COc1cc(F)ccc1C. The highest BCUT2D eigenvalue weighted by atomic mass is 19.1. The van der Waals surface area contributed by atoms with Gasteiger partial charge in [-0.05, 0) is 25.5 Å². The van der Waals surface area contributed by atoms with E-state index in [1.807, 2.05) is 13.8 Å². The van der Waals surface area contributed by atoms with E-state index in [0.717, 1.165) is 5.56 Å². The van der Waals surface area contributed by atoms with Gasteiger partial charge >= 0.3 is 0 Å². The molecular weight excluding hydrogens is 209 g/mol. The highest BCUT2D eigenvalue weighted by molar-refractivity contribution is 5.32. The van der Waals surface area contributed by atoms with Gasteiger partial charge in [0.15, 0.2) is 0 Å². The molecule has 0 fully saturated rings. The second kappa shape index (κ2) is 6.45. The van der Waals surface area contributed by atoms with E-state index in [1.165, 1.54) is 12.1 Å². The molecule has 16 heavy (non-hydrogen) atoms. The molecule has 0 aliphatic carbocycles. The molecule has 1 rings (SSSR count). The molecule has 3 nitrogen and oxygen atoms in total. The van der Waals surface area contributed by atoms with Gasteiger partial charge in [0.1, 0.15) is 24.3 Å². The summed E-state index contributed by atoms with van der Waals surface area (Å²) in [6, 6.07) is 4.46. The van der Waals surface area contributed by atoms with E-state index in [0.29, 0.717) is 25.5 Å². The molecule has 0 spiro atoms. The van der Waals surface area contributed by atoms with Crippen LogP contribution < -0.4 is 10.5 Å². The Labute approximate surface area is 95.4 Å². The summed E-state index contributed by atoms with van der Waals surface area (Å²) in [6.45, 7) is 5.09. The van der Waals surface area contributed by atoms with Crippen LogP contribution in [-0.2, 0) is 4.74 Å². The maximum Gasteiger partial charge on any atom is 0.126 e. The average molecular weight is 227 g/mol. The first kappa shape index (κ1) is 12.9. The van der Waals surface area contributed by atoms with Crippen molar-refractivity contribution < 1.29 is 13.9 Å². The molecule has 1 atom stereocenters. The zero-order valence-electron chi connectivity index (χ0n) is 9.70. The number of benzene rings is 1. The molecule has 0 radical (unpaired) electrons. The van der Waals surface area contributed by atoms with Gasteiger partial charge in [0.05, 0.1) is 0 Å². The maximum atomic E-state index is 13.0. The van der Waals surface area contributed by atoms with Crippen LogP contribution >= 0.6 is 0 Å². The van der Waals surface area contributed by atoms with Gasteiger partial charge < -0.3 is 15.2 Å². The first-order valence-electron chi connectivity index (χ1n) is 5.38. The van der Waals surface area contributed by atoms with Crippen molar-refractivity contribution in [2.45, 2.75) is 20.0 Å². The van der Waals surface area contributed by atoms with Gasteiger partial charge in [0.2, 0.25) is 0 Å². The molecule has 0 amide bonds. The molecular formula is C12H18FNO2. The fourth-order valence-electron chi connectivity index (χ4n) is 1.33. The molecule has 1 unspecified atom stereocenters. The van der Waals surface area contributed by atoms with E-state index >= 15 is 0 Å². The Morgan fingerprint density at radius 1 is 1.44 bits per heavy atom. The van der Waals surface area contributed by atoms with Crippen molar-refractivity contribution in [1.29, 1.82) is 0 Å². The van der Waals surface area contributed by atoms with Crippen molar-refractivity contribution in [3.8, 4) is 5.75 Å². The summed E-state index contributed by atoms with van der Waals surface area (Å²) in [7, 11) is 0. The maximum absolute atomic E-state index is 13.0. The molecule has 1 aromatic carbocycles.